The van der Waals surface area contributed by atoms with Gasteiger partial charge in [0.1, 0.15) is 69.5 Å². The molecule has 616 valence electrons. The average Bonchev–Trinajstić information content (AvgIpc) is 0.757. The first-order chi connectivity index (χ1) is 57.7. The lowest BCUT2D eigenvalue weighted by Gasteiger charge is -2.48. The highest BCUT2D eigenvalue weighted by Gasteiger charge is 2.52. The van der Waals surface area contributed by atoms with Gasteiger partial charge in [-0.2, -0.15) is 0 Å². The summed E-state index contributed by atoms with van der Waals surface area (Å²) >= 11 is 0. The van der Waals surface area contributed by atoms with Crippen LogP contribution in [0.15, 0.2) is 291 Å². The van der Waals surface area contributed by atoms with E-state index >= 15 is 0 Å². The van der Waals surface area contributed by atoms with Crippen LogP contribution in [0, 0.1) is 70.2 Å². The number of phenolic OH excluding ortho intramolecular Hbond substituents is 4. The first-order valence-electron chi connectivity index (χ1n) is 39.0. The molecule has 4 heterocycles. The fraction of sp³-hybridized carbons (Fsp3) is 0.208. The van der Waals surface area contributed by atoms with Crippen molar-refractivity contribution in [3.63, 3.8) is 0 Å². The molecule has 120 heavy (non-hydrogen) atoms. The maximum Gasteiger partial charge on any atom is 0.233 e. The predicted molar refractivity (Wildman–Crippen MR) is 435 cm³/mol. The molecule has 0 unspecified atom stereocenters. The number of β-lactam (4-membered cyclic amide) rings is 4. The highest BCUT2D eigenvalue weighted by atomic mass is 19.2. The second-order valence-corrected chi connectivity index (χ2v) is 29.9. The van der Waals surface area contributed by atoms with Crippen molar-refractivity contribution in [1.29, 1.82) is 0 Å². The Morgan fingerprint density at radius 1 is 0.217 bits per heavy atom. The third-order valence-corrected chi connectivity index (χ3v) is 22.2. The van der Waals surface area contributed by atoms with Crippen LogP contribution in [0.2, 0.25) is 0 Å². The molecule has 4 aliphatic heterocycles. The van der Waals surface area contributed by atoms with E-state index in [0.717, 1.165) is 22.3 Å². The molecule has 0 aliphatic carbocycles. The molecule has 0 bridgehead atoms. The minimum absolute atomic E-state index is 0.106. The summed E-state index contributed by atoms with van der Waals surface area (Å²) in [5, 5.41) is 80.2. The number of anilines is 4. The summed E-state index contributed by atoms with van der Waals surface area (Å²) in [5.74, 6) is -4.40. The van der Waals surface area contributed by atoms with Gasteiger partial charge in [0.15, 0.2) is 0 Å². The van der Waals surface area contributed by atoms with E-state index < -0.39 is 24.4 Å². The Bertz CT molecular complexity index is 4760. The van der Waals surface area contributed by atoms with Crippen molar-refractivity contribution in [3.05, 3.63) is 382 Å². The van der Waals surface area contributed by atoms with Crippen molar-refractivity contribution >= 4 is 46.4 Å². The van der Waals surface area contributed by atoms with E-state index in [1.54, 1.807) is 165 Å². The van der Waals surface area contributed by atoms with Gasteiger partial charge < -0.3 is 60.5 Å². The molecule has 0 saturated carbocycles. The number of nitrogens with zero attached hydrogens (tertiary/aromatic N) is 4. The molecule has 12 atom stereocenters. The zero-order chi connectivity index (χ0) is 85.0. The number of aromatic hydroxyl groups is 4. The number of benzene rings is 12. The molecule has 4 saturated heterocycles. The third-order valence-electron chi connectivity index (χ3n) is 22.2. The van der Waals surface area contributed by atoms with Crippen molar-refractivity contribution < 1.29 is 95.2 Å². The number of carbonyl (C=O) groups is 4. The van der Waals surface area contributed by atoms with Crippen LogP contribution in [-0.4, -0.2) is 64.5 Å². The molecule has 4 amide bonds. The van der Waals surface area contributed by atoms with E-state index in [4.69, 9.17) is 0 Å². The molecule has 0 radical (unpaired) electrons. The highest BCUT2D eigenvalue weighted by molar-refractivity contribution is 6.05. The Morgan fingerprint density at radius 2 is 0.358 bits per heavy atom. The number of carbonyl (C=O) groups excluding carboxylic acids is 4. The van der Waals surface area contributed by atoms with E-state index in [-0.39, 0.29) is 141 Å². The molecule has 12 aromatic rings. The number of aliphatic hydroxyl groups excluding tert-OH is 4. The second-order valence-electron chi connectivity index (χ2n) is 29.9. The Balaban J connectivity index is 0.000000138. The molecule has 8 N–H and O–H groups in total. The number of phenols is 4. The smallest absolute Gasteiger partial charge is 0.233 e. The van der Waals surface area contributed by atoms with E-state index in [1.165, 1.54) is 146 Å². The lowest BCUT2D eigenvalue weighted by Crippen LogP contribution is -2.55. The van der Waals surface area contributed by atoms with Crippen molar-refractivity contribution in [2.75, 3.05) is 19.6 Å². The summed E-state index contributed by atoms with van der Waals surface area (Å²) < 4.78 is 106. The zero-order valence-electron chi connectivity index (χ0n) is 64.3. The first kappa shape index (κ1) is 84.9. The summed E-state index contributed by atoms with van der Waals surface area (Å²) in [6.07, 6.45) is -0.138. The molecular formula is C96H84F8N4O12. The monoisotopic (exact) mass is 1640 g/mol. The van der Waals surface area contributed by atoms with Gasteiger partial charge in [0.2, 0.25) is 23.6 Å². The van der Waals surface area contributed by atoms with Crippen LogP contribution >= 0.6 is 0 Å². The van der Waals surface area contributed by atoms with Crippen LogP contribution in [0.25, 0.3) is 0 Å². The lowest BCUT2D eigenvalue weighted by atomic mass is 9.78. The quantitative estimate of drug-likeness (QED) is 0.0208. The van der Waals surface area contributed by atoms with Crippen molar-refractivity contribution in [3.8, 4) is 23.0 Å². The maximum absolute atomic E-state index is 13.3. The molecule has 0 spiro atoms. The van der Waals surface area contributed by atoms with Gasteiger partial charge in [-0.15, -0.1) is 0 Å². The van der Waals surface area contributed by atoms with Gasteiger partial charge in [0.05, 0.1) is 72.3 Å². The van der Waals surface area contributed by atoms with E-state index in [1.807, 2.05) is 0 Å². The molecule has 4 aliphatic rings. The summed E-state index contributed by atoms with van der Waals surface area (Å²) in [4.78, 5) is 58.2. The molecule has 12 aromatic carbocycles. The van der Waals surface area contributed by atoms with Crippen LogP contribution in [0.3, 0.4) is 0 Å². The minimum atomic E-state index is -0.807. The lowest BCUT2D eigenvalue weighted by molar-refractivity contribution is -0.131. The molecule has 24 heteroatoms. The highest BCUT2D eigenvalue weighted by Crippen LogP contribution is 2.51. The van der Waals surface area contributed by atoms with Crippen LogP contribution in [0.1, 0.15) is 144 Å². The van der Waals surface area contributed by atoms with E-state index in [0.29, 0.717) is 96.4 Å². The standard InChI is InChI=1S/4C24H21F2NO3/c4*25-17-5-1-15(2-6-17)22(29)14-13-21-23(16-3-11-20(28)12-4-16)27(24(21)30)19-9-7-18(26)8-10-19/h4*1-12,21-23,28-29H,13-14H2/t4*21-,22+,23-/m1111/s1. The normalized spacial score (nSPS) is 19.4. The van der Waals surface area contributed by atoms with E-state index in [9.17, 15) is 95.2 Å². The SMILES string of the molecule is O=C1[C@H](CC[C@H](O)c2ccc(F)cc2)[C@@H](c2ccc(O)cc2)N1c1ccc(F)cc1.O=C1[C@H](CC[C@H](O)c2ccc(F)cc2)[C@@H](c2ccc(O)cc2)N1c1ccc(F)cc1.O=C1[C@H](CC[C@H](O)c2ccc(F)cc2)[C@@H](c2ccc(O)cc2)N1c1ccc(F)cc1.O=C1[C@H](CC[C@H](O)c2ccc(F)cc2)[C@@H](c2ccc(O)cc2)N1c1ccc(F)cc1. The van der Waals surface area contributed by atoms with Gasteiger partial charge in [-0.1, -0.05) is 97.1 Å². The summed E-state index contributed by atoms with van der Waals surface area (Å²) in [7, 11) is 0. The molecular weight excluding hydrogens is 1550 g/mol. The summed E-state index contributed by atoms with van der Waals surface area (Å²) in [6, 6.07) is 70.9. The molecule has 0 aromatic heterocycles. The van der Waals surface area contributed by atoms with Crippen molar-refractivity contribution in [2.45, 2.75) is 99.9 Å². The van der Waals surface area contributed by atoms with Crippen LogP contribution < -0.4 is 19.6 Å². The average molecular weight is 1640 g/mol. The Hall–Kier alpha value is -13.0. The van der Waals surface area contributed by atoms with Crippen molar-refractivity contribution in [1.82, 2.24) is 0 Å². The molecule has 4 fully saturated rings. The van der Waals surface area contributed by atoms with Gasteiger partial charge >= 0.3 is 0 Å². The first-order valence-corrected chi connectivity index (χ1v) is 39.0. The van der Waals surface area contributed by atoms with Gasteiger partial charge in [-0.3, -0.25) is 19.2 Å². The number of amides is 4. The Morgan fingerprint density at radius 3 is 0.508 bits per heavy atom. The molecule has 16 rings (SSSR count). The van der Waals surface area contributed by atoms with E-state index in [2.05, 4.69) is 0 Å². The van der Waals surface area contributed by atoms with Gasteiger partial charge in [-0.25, -0.2) is 35.1 Å². The number of halogens is 8. The summed E-state index contributed by atoms with van der Waals surface area (Å²) in [6.45, 7) is 0. The zero-order valence-corrected chi connectivity index (χ0v) is 64.3. The number of hydrogen-bond acceptors (Lipinski definition) is 12. The predicted octanol–water partition coefficient (Wildman–Crippen LogP) is 19.6. The summed E-state index contributed by atoms with van der Waals surface area (Å²) in [5.41, 5.74) is 8.14. The number of aliphatic hydroxyl groups is 4. The maximum atomic E-state index is 13.3. The number of rotatable bonds is 24. The third kappa shape index (κ3) is 19.9. The van der Waals surface area contributed by atoms with Gasteiger partial charge in [-0.05, 0) is 290 Å². The van der Waals surface area contributed by atoms with Gasteiger partial charge in [0, 0.05) is 22.7 Å². The Kier molecular flexibility index (Phi) is 27.0. The second kappa shape index (κ2) is 38.2. The van der Waals surface area contributed by atoms with Crippen LogP contribution in [0.5, 0.6) is 23.0 Å². The van der Waals surface area contributed by atoms with Crippen LogP contribution in [-0.2, 0) is 19.2 Å². The molecule has 16 nitrogen and oxygen atoms in total. The van der Waals surface area contributed by atoms with Crippen molar-refractivity contribution in [2.24, 2.45) is 23.7 Å². The fourth-order valence-corrected chi connectivity index (χ4v) is 15.8. The topological polar surface area (TPSA) is 243 Å². The van der Waals surface area contributed by atoms with Gasteiger partial charge in [0.25, 0.3) is 0 Å². The van der Waals surface area contributed by atoms with Crippen LogP contribution in [0.4, 0.5) is 57.9 Å². The minimum Gasteiger partial charge on any atom is -0.508 e. The number of hydrogen-bond donors (Lipinski definition) is 8. The Labute approximate surface area is 686 Å². The largest absolute Gasteiger partial charge is 0.508 e. The fourth-order valence-electron chi connectivity index (χ4n) is 15.8.